The van der Waals surface area contributed by atoms with Gasteiger partial charge in [-0.15, -0.1) is 0 Å². The molecule has 21 heavy (non-hydrogen) atoms. The van der Waals surface area contributed by atoms with Gasteiger partial charge in [0.2, 0.25) is 10.0 Å². The molecule has 1 saturated heterocycles. The summed E-state index contributed by atoms with van der Waals surface area (Å²) >= 11 is 3.11. The number of sulfonamides is 1. The van der Waals surface area contributed by atoms with Crippen LogP contribution in [0.4, 0.5) is 4.39 Å². The topological polar surface area (TPSA) is 80.5 Å². The highest BCUT2D eigenvalue weighted by Gasteiger charge is 2.32. The third-order valence-electron chi connectivity index (χ3n) is 3.60. The summed E-state index contributed by atoms with van der Waals surface area (Å²) in [6.45, 7) is 4.56. The number of hydrogen-bond acceptors (Lipinski definition) is 3. The fourth-order valence-electron chi connectivity index (χ4n) is 2.65. The SMILES string of the molecule is CC1CC(C)N(C(=O)c2cc(S(N)(=O)=O)c(F)cc2Br)C1. The first-order valence-corrected chi connectivity index (χ1v) is 8.78. The van der Waals surface area contributed by atoms with Crippen LogP contribution in [0, 0.1) is 11.7 Å². The normalized spacial score (nSPS) is 22.6. The zero-order chi connectivity index (χ0) is 15.9. The lowest BCUT2D eigenvalue weighted by molar-refractivity contribution is 0.0742. The summed E-state index contributed by atoms with van der Waals surface area (Å²) in [6, 6.07) is 2.01. The Balaban J connectivity index is 2.47. The van der Waals surface area contributed by atoms with Crippen LogP contribution in [0.15, 0.2) is 21.5 Å². The van der Waals surface area contributed by atoms with Crippen molar-refractivity contribution in [3.05, 3.63) is 28.0 Å². The van der Waals surface area contributed by atoms with Gasteiger partial charge in [0.1, 0.15) is 10.7 Å². The predicted octanol–water partition coefficient (Wildman–Crippen LogP) is 2.11. The van der Waals surface area contributed by atoms with E-state index in [1.165, 1.54) is 0 Å². The fraction of sp³-hybridized carbons (Fsp3) is 0.462. The Kier molecular flexibility index (Phi) is 4.41. The van der Waals surface area contributed by atoms with E-state index in [0.29, 0.717) is 12.5 Å². The van der Waals surface area contributed by atoms with Crippen molar-refractivity contribution < 1.29 is 17.6 Å². The minimum atomic E-state index is -4.22. The molecule has 1 aromatic rings. The van der Waals surface area contributed by atoms with Gasteiger partial charge in [-0.1, -0.05) is 6.92 Å². The van der Waals surface area contributed by atoms with E-state index < -0.39 is 20.7 Å². The van der Waals surface area contributed by atoms with Gasteiger partial charge in [-0.2, -0.15) is 0 Å². The molecule has 0 bridgehead atoms. The lowest BCUT2D eigenvalue weighted by Gasteiger charge is -2.22. The summed E-state index contributed by atoms with van der Waals surface area (Å²) in [4.78, 5) is 13.5. The van der Waals surface area contributed by atoms with Gasteiger partial charge in [-0.3, -0.25) is 4.79 Å². The monoisotopic (exact) mass is 378 g/mol. The maximum Gasteiger partial charge on any atom is 0.255 e. The van der Waals surface area contributed by atoms with E-state index in [1.54, 1.807) is 4.90 Å². The zero-order valence-corrected chi connectivity index (χ0v) is 14.0. The quantitative estimate of drug-likeness (QED) is 0.855. The van der Waals surface area contributed by atoms with Crippen molar-refractivity contribution in [2.24, 2.45) is 11.1 Å². The van der Waals surface area contributed by atoms with E-state index in [-0.39, 0.29) is 22.0 Å². The second-order valence-electron chi connectivity index (χ2n) is 5.45. The molecule has 1 heterocycles. The van der Waals surface area contributed by atoms with Crippen LogP contribution in [-0.2, 0) is 10.0 Å². The molecule has 2 atom stereocenters. The van der Waals surface area contributed by atoms with E-state index in [1.807, 2.05) is 13.8 Å². The Morgan fingerprint density at radius 2 is 2.05 bits per heavy atom. The molecule has 2 rings (SSSR count). The summed E-state index contributed by atoms with van der Waals surface area (Å²) in [5, 5.41) is 4.97. The number of amides is 1. The van der Waals surface area contributed by atoms with Gasteiger partial charge < -0.3 is 4.90 Å². The molecule has 1 aliphatic heterocycles. The van der Waals surface area contributed by atoms with Gasteiger partial charge in [0.05, 0.1) is 5.56 Å². The highest BCUT2D eigenvalue weighted by molar-refractivity contribution is 9.10. The summed E-state index contributed by atoms with van der Waals surface area (Å²) in [6.07, 6.45) is 0.882. The minimum Gasteiger partial charge on any atom is -0.336 e. The first kappa shape index (κ1) is 16.4. The van der Waals surface area contributed by atoms with Gasteiger partial charge in [0.25, 0.3) is 5.91 Å². The zero-order valence-electron chi connectivity index (χ0n) is 11.6. The molecule has 116 valence electrons. The third-order valence-corrected chi connectivity index (χ3v) is 5.19. The van der Waals surface area contributed by atoms with Crippen LogP contribution in [0.2, 0.25) is 0 Å². The van der Waals surface area contributed by atoms with Crippen molar-refractivity contribution in [3.63, 3.8) is 0 Å². The van der Waals surface area contributed by atoms with Gasteiger partial charge in [-0.05, 0) is 47.3 Å². The number of benzene rings is 1. The van der Waals surface area contributed by atoms with Crippen molar-refractivity contribution in [2.75, 3.05) is 6.54 Å². The van der Waals surface area contributed by atoms with Crippen LogP contribution in [0.25, 0.3) is 0 Å². The molecule has 0 spiro atoms. The number of halogens is 2. The Morgan fingerprint density at radius 3 is 2.52 bits per heavy atom. The number of primary sulfonamides is 1. The van der Waals surface area contributed by atoms with E-state index >= 15 is 0 Å². The first-order chi connectivity index (χ1) is 9.61. The number of rotatable bonds is 2. The van der Waals surface area contributed by atoms with E-state index in [0.717, 1.165) is 18.6 Å². The fourth-order valence-corrected chi connectivity index (χ4v) is 3.75. The molecule has 0 aromatic heterocycles. The lowest BCUT2D eigenvalue weighted by atomic mass is 10.1. The van der Waals surface area contributed by atoms with Gasteiger partial charge >= 0.3 is 0 Å². The molecule has 1 fully saturated rings. The Labute approximate surface area is 131 Å². The molecule has 5 nitrogen and oxygen atoms in total. The molecule has 8 heteroatoms. The number of carbonyl (C=O) groups excluding carboxylic acids is 1. The molecule has 1 amide bonds. The second-order valence-corrected chi connectivity index (χ2v) is 7.84. The van der Waals surface area contributed by atoms with Crippen LogP contribution in [0.5, 0.6) is 0 Å². The van der Waals surface area contributed by atoms with Gasteiger partial charge in [-0.25, -0.2) is 17.9 Å². The lowest BCUT2D eigenvalue weighted by Crippen LogP contribution is -2.34. The van der Waals surface area contributed by atoms with Crippen molar-refractivity contribution in [2.45, 2.75) is 31.2 Å². The van der Waals surface area contributed by atoms with E-state index in [9.17, 15) is 17.6 Å². The van der Waals surface area contributed by atoms with Gasteiger partial charge in [0.15, 0.2) is 0 Å². The van der Waals surface area contributed by atoms with Crippen molar-refractivity contribution in [1.82, 2.24) is 4.90 Å². The van der Waals surface area contributed by atoms with Crippen LogP contribution in [0.3, 0.4) is 0 Å². The minimum absolute atomic E-state index is 0.0578. The van der Waals surface area contributed by atoms with Crippen LogP contribution in [-0.4, -0.2) is 31.8 Å². The number of hydrogen-bond donors (Lipinski definition) is 1. The van der Waals surface area contributed by atoms with Crippen LogP contribution < -0.4 is 5.14 Å². The number of carbonyl (C=O) groups is 1. The van der Waals surface area contributed by atoms with Gasteiger partial charge in [0, 0.05) is 17.1 Å². The molecule has 0 radical (unpaired) electrons. The molecule has 2 N–H and O–H groups in total. The van der Waals surface area contributed by atoms with Crippen LogP contribution >= 0.6 is 15.9 Å². The summed E-state index contributed by atoms with van der Waals surface area (Å²) in [5.41, 5.74) is 0.0985. The first-order valence-electron chi connectivity index (χ1n) is 6.44. The van der Waals surface area contributed by atoms with Crippen LogP contribution in [0.1, 0.15) is 30.6 Å². The smallest absolute Gasteiger partial charge is 0.255 e. The summed E-state index contributed by atoms with van der Waals surface area (Å²) in [7, 11) is -4.22. The highest BCUT2D eigenvalue weighted by Crippen LogP contribution is 2.29. The van der Waals surface area contributed by atoms with Crippen molar-refractivity contribution in [1.29, 1.82) is 0 Å². The maximum absolute atomic E-state index is 13.7. The molecule has 1 aliphatic rings. The predicted molar refractivity (Wildman–Crippen MR) is 79.8 cm³/mol. The van der Waals surface area contributed by atoms with Crippen molar-refractivity contribution >= 4 is 31.9 Å². The molecular weight excluding hydrogens is 363 g/mol. The Morgan fingerprint density at radius 1 is 1.43 bits per heavy atom. The average Bonchev–Trinajstić information content (AvgIpc) is 2.66. The summed E-state index contributed by atoms with van der Waals surface area (Å²) < 4.78 is 36.7. The highest BCUT2D eigenvalue weighted by atomic mass is 79.9. The Hall–Kier alpha value is -0.990. The molecule has 2 unspecified atom stereocenters. The van der Waals surface area contributed by atoms with E-state index in [4.69, 9.17) is 5.14 Å². The number of nitrogens with zero attached hydrogens (tertiary/aromatic N) is 1. The molecule has 1 aromatic carbocycles. The average molecular weight is 379 g/mol. The maximum atomic E-state index is 13.7. The third kappa shape index (κ3) is 3.27. The number of nitrogens with two attached hydrogens (primary N) is 1. The standard InChI is InChI=1S/C13H16BrFN2O3S/c1-7-3-8(2)17(6-7)13(18)9-4-12(21(16,19)20)11(15)5-10(9)14/h4-5,7-8H,3,6H2,1-2H3,(H2,16,19,20). The largest absolute Gasteiger partial charge is 0.336 e. The van der Waals surface area contributed by atoms with Crippen molar-refractivity contribution in [3.8, 4) is 0 Å². The molecule has 0 saturated carbocycles. The molecular formula is C13H16BrFN2O3S. The Bertz CT molecular complexity index is 693. The van der Waals surface area contributed by atoms with E-state index in [2.05, 4.69) is 15.9 Å². The number of likely N-dealkylation sites (tertiary alicyclic amines) is 1. The summed E-state index contributed by atoms with van der Waals surface area (Å²) in [5.74, 6) is -0.937. The second kappa shape index (κ2) is 5.66. The molecule has 0 aliphatic carbocycles.